The average molecular weight is 142 g/mol. The van der Waals surface area contributed by atoms with Crippen molar-refractivity contribution in [3.63, 3.8) is 0 Å². The molecule has 3 nitrogen and oxygen atoms in total. The highest BCUT2D eigenvalue weighted by Gasteiger charge is 1.84. The maximum absolute atomic E-state index is 6.95. The smallest absolute Gasteiger partial charge is 0.308 e. The topological polar surface area (TPSA) is 45.4 Å². The van der Waals surface area contributed by atoms with E-state index in [1.165, 1.54) is 7.11 Å². The second-order valence-corrected chi connectivity index (χ2v) is 1.96. The van der Waals surface area contributed by atoms with Crippen LogP contribution >= 0.6 is 0 Å². The summed E-state index contributed by atoms with van der Waals surface area (Å²) in [7, 11) is 1.44. The zero-order chi connectivity index (χ0) is 7.82. The van der Waals surface area contributed by atoms with Gasteiger partial charge in [-0.2, -0.15) is 0 Å². The number of hydrogen-bond acceptors (Lipinski definition) is 2. The number of ether oxygens (including phenoxy) is 1. The van der Waals surface area contributed by atoms with E-state index in [-0.39, 0.29) is 6.02 Å². The van der Waals surface area contributed by atoms with Crippen molar-refractivity contribution in [3.8, 4) is 0 Å². The molecule has 0 bridgehead atoms. The number of aliphatic imine (C=N–C) groups is 1. The summed E-state index contributed by atoms with van der Waals surface area (Å²) >= 11 is 0. The van der Waals surface area contributed by atoms with Crippen LogP contribution in [0.3, 0.4) is 0 Å². The molecule has 58 valence electrons. The van der Waals surface area contributed by atoms with Crippen LogP contribution < -0.4 is 0 Å². The van der Waals surface area contributed by atoms with Crippen molar-refractivity contribution < 1.29 is 4.74 Å². The molecule has 10 heavy (non-hydrogen) atoms. The van der Waals surface area contributed by atoms with E-state index >= 15 is 0 Å². The van der Waals surface area contributed by atoms with Gasteiger partial charge in [0.2, 0.25) is 0 Å². The van der Waals surface area contributed by atoms with Gasteiger partial charge in [0.05, 0.1) is 7.11 Å². The monoisotopic (exact) mass is 142 g/mol. The summed E-state index contributed by atoms with van der Waals surface area (Å²) in [5, 5.41) is 6.95. The lowest BCUT2D eigenvalue weighted by atomic mass is 10.3. The molecule has 0 heterocycles. The van der Waals surface area contributed by atoms with Crippen molar-refractivity contribution in [2.24, 2.45) is 4.99 Å². The van der Waals surface area contributed by atoms with Crippen molar-refractivity contribution in [3.05, 3.63) is 0 Å². The molecular weight excluding hydrogens is 128 g/mol. The molecule has 0 radical (unpaired) electrons. The van der Waals surface area contributed by atoms with Gasteiger partial charge in [0, 0.05) is 6.21 Å². The van der Waals surface area contributed by atoms with Crippen LogP contribution in [0.4, 0.5) is 0 Å². The van der Waals surface area contributed by atoms with Crippen LogP contribution in [0.15, 0.2) is 4.99 Å². The summed E-state index contributed by atoms with van der Waals surface area (Å²) in [6.07, 6.45) is 4.93. The molecule has 0 fully saturated rings. The first-order valence-electron chi connectivity index (χ1n) is 3.46. The Bertz CT molecular complexity index is 121. The Balaban J connectivity index is 3.27. The summed E-state index contributed by atoms with van der Waals surface area (Å²) in [5.74, 6) is 0. The first-order valence-corrected chi connectivity index (χ1v) is 3.46. The lowest BCUT2D eigenvalue weighted by molar-refractivity contribution is 0.393. The third-order valence-corrected chi connectivity index (χ3v) is 1.09. The zero-order valence-electron chi connectivity index (χ0n) is 6.55. The van der Waals surface area contributed by atoms with Crippen molar-refractivity contribution >= 4 is 12.2 Å². The molecule has 1 N–H and O–H groups in total. The van der Waals surface area contributed by atoms with E-state index in [0.717, 1.165) is 19.3 Å². The molecule has 0 amide bonds. The number of unbranched alkanes of at least 4 members (excludes halogenated alkanes) is 2. The quantitative estimate of drug-likeness (QED) is 0.364. The number of hydrogen-bond donors (Lipinski definition) is 1. The van der Waals surface area contributed by atoms with Crippen molar-refractivity contribution in [1.29, 1.82) is 5.41 Å². The van der Waals surface area contributed by atoms with Crippen molar-refractivity contribution in [2.45, 2.75) is 26.2 Å². The van der Waals surface area contributed by atoms with Crippen LogP contribution in [0.5, 0.6) is 0 Å². The van der Waals surface area contributed by atoms with Gasteiger partial charge in [-0.3, -0.25) is 0 Å². The molecule has 0 unspecified atom stereocenters. The van der Waals surface area contributed by atoms with Crippen LogP contribution in [0.2, 0.25) is 0 Å². The molecule has 0 aliphatic heterocycles. The zero-order valence-corrected chi connectivity index (χ0v) is 6.55. The van der Waals surface area contributed by atoms with E-state index in [1.54, 1.807) is 6.21 Å². The van der Waals surface area contributed by atoms with Crippen LogP contribution in [0, 0.1) is 5.41 Å². The fourth-order valence-corrected chi connectivity index (χ4v) is 0.496. The molecule has 0 aromatic rings. The Labute approximate surface area is 61.6 Å². The summed E-state index contributed by atoms with van der Waals surface area (Å²) < 4.78 is 4.52. The highest BCUT2D eigenvalue weighted by molar-refractivity contribution is 5.80. The van der Waals surface area contributed by atoms with Crippen LogP contribution in [-0.4, -0.2) is 19.3 Å². The minimum absolute atomic E-state index is 0.0175. The van der Waals surface area contributed by atoms with Gasteiger partial charge in [-0.15, -0.1) is 0 Å². The van der Waals surface area contributed by atoms with E-state index < -0.39 is 0 Å². The van der Waals surface area contributed by atoms with Crippen LogP contribution in [0.1, 0.15) is 26.2 Å². The summed E-state index contributed by atoms with van der Waals surface area (Å²) in [4.78, 5) is 3.72. The molecule has 0 rings (SSSR count). The number of amidine groups is 1. The average Bonchev–Trinajstić information content (AvgIpc) is 1.98. The maximum Gasteiger partial charge on any atom is 0.308 e. The summed E-state index contributed by atoms with van der Waals surface area (Å²) in [6.45, 7) is 2.12. The Morgan fingerprint density at radius 3 is 2.90 bits per heavy atom. The highest BCUT2D eigenvalue weighted by Crippen LogP contribution is 1.89. The fraction of sp³-hybridized carbons (Fsp3) is 0.714. The van der Waals surface area contributed by atoms with Crippen LogP contribution in [0.25, 0.3) is 0 Å². The largest absolute Gasteiger partial charge is 0.467 e. The second kappa shape index (κ2) is 6.26. The normalized spacial score (nSPS) is 10.2. The molecule has 0 saturated carbocycles. The first-order chi connectivity index (χ1) is 4.81. The molecule has 0 aromatic heterocycles. The van der Waals surface area contributed by atoms with Gasteiger partial charge >= 0.3 is 6.02 Å². The van der Waals surface area contributed by atoms with E-state index in [0.29, 0.717) is 0 Å². The van der Waals surface area contributed by atoms with Crippen molar-refractivity contribution in [1.82, 2.24) is 0 Å². The molecule has 0 aliphatic rings. The number of nitrogens with one attached hydrogen (secondary N) is 1. The fourth-order valence-electron chi connectivity index (χ4n) is 0.496. The van der Waals surface area contributed by atoms with Gasteiger partial charge in [0.25, 0.3) is 0 Å². The third-order valence-electron chi connectivity index (χ3n) is 1.09. The Morgan fingerprint density at radius 1 is 1.70 bits per heavy atom. The van der Waals surface area contributed by atoms with E-state index in [2.05, 4.69) is 16.7 Å². The predicted octanol–water partition coefficient (Wildman–Crippen LogP) is 1.83. The van der Waals surface area contributed by atoms with Gasteiger partial charge in [-0.1, -0.05) is 13.3 Å². The number of methoxy groups -OCH3 is 1. The summed E-state index contributed by atoms with van der Waals surface area (Å²) in [5.41, 5.74) is 0. The molecule has 0 spiro atoms. The standard InChI is InChI=1S/C7H14N2O/c1-3-4-5-6-9-7(8)10-2/h6,8H,3-5H2,1-2H3/b8-7?,9-6-. The van der Waals surface area contributed by atoms with Gasteiger partial charge in [-0.05, 0) is 12.8 Å². The SMILES string of the molecule is CCCC/C=N\C(=N)OC. The summed E-state index contributed by atoms with van der Waals surface area (Å²) in [6, 6.07) is -0.0175. The molecule has 0 aliphatic carbocycles. The Morgan fingerprint density at radius 2 is 2.40 bits per heavy atom. The maximum atomic E-state index is 6.95. The minimum atomic E-state index is -0.0175. The lowest BCUT2D eigenvalue weighted by Gasteiger charge is -1.91. The Hall–Kier alpha value is -0.860. The third kappa shape index (κ3) is 5.28. The van der Waals surface area contributed by atoms with E-state index in [9.17, 15) is 0 Å². The first kappa shape index (κ1) is 9.14. The highest BCUT2D eigenvalue weighted by atomic mass is 16.5. The molecule has 0 aromatic carbocycles. The number of rotatable bonds is 3. The molecular formula is C7H14N2O. The molecule has 0 saturated heterocycles. The Kier molecular flexibility index (Phi) is 5.72. The lowest BCUT2D eigenvalue weighted by Crippen LogP contribution is -1.93. The molecule has 0 atom stereocenters. The van der Waals surface area contributed by atoms with Gasteiger partial charge in [-0.25, -0.2) is 10.4 Å². The van der Waals surface area contributed by atoms with Crippen LogP contribution in [-0.2, 0) is 4.74 Å². The predicted molar refractivity (Wildman–Crippen MR) is 42.8 cm³/mol. The van der Waals surface area contributed by atoms with Crippen molar-refractivity contribution in [2.75, 3.05) is 7.11 Å². The second-order valence-electron chi connectivity index (χ2n) is 1.96. The van der Waals surface area contributed by atoms with Gasteiger partial charge in [0.15, 0.2) is 0 Å². The van der Waals surface area contributed by atoms with Gasteiger partial charge < -0.3 is 4.74 Å². The minimum Gasteiger partial charge on any atom is -0.467 e. The van der Waals surface area contributed by atoms with E-state index in [1.807, 2.05) is 0 Å². The number of nitrogens with zero attached hydrogens (tertiary/aromatic N) is 1. The molecule has 3 heteroatoms. The van der Waals surface area contributed by atoms with Gasteiger partial charge in [0.1, 0.15) is 0 Å². The van der Waals surface area contributed by atoms with E-state index in [4.69, 9.17) is 5.41 Å².